The van der Waals surface area contributed by atoms with E-state index < -0.39 is 43.3 Å². The summed E-state index contributed by atoms with van der Waals surface area (Å²) in [5.41, 5.74) is -0.0948. The van der Waals surface area contributed by atoms with E-state index in [1.165, 1.54) is 12.1 Å². The van der Waals surface area contributed by atoms with Gasteiger partial charge in [-0.25, -0.2) is 4.79 Å². The van der Waals surface area contributed by atoms with E-state index >= 15 is 0 Å². The molecule has 0 bridgehead atoms. The van der Waals surface area contributed by atoms with Gasteiger partial charge in [0, 0.05) is 0 Å². The van der Waals surface area contributed by atoms with Crippen LogP contribution in [0.2, 0.25) is 0 Å². The summed E-state index contributed by atoms with van der Waals surface area (Å²) in [4.78, 5) is 12.2. The molecule has 2 rings (SSSR count). The molecule has 1 fully saturated rings. The molecule has 1 aliphatic heterocycles. The quantitative estimate of drug-likeness (QED) is 0.412. The number of carbonyl (C=O) groups excluding carboxylic acids is 1. The standard InChI is InChI=1S/C17H24O9/c1-8(2)7-24-16(23)10-5-9(19)3-4-11(10)25-17-15(22)14(21)13(20)12(6-18)26-17/h3-5,8,12-15,17-22H,6-7H2,1-2H3/t12-,13-,14+,15-,17-/m1/s1. The van der Waals surface area contributed by atoms with Crippen molar-refractivity contribution in [2.75, 3.05) is 13.2 Å². The minimum Gasteiger partial charge on any atom is -0.508 e. The van der Waals surface area contributed by atoms with E-state index in [0.717, 1.165) is 6.07 Å². The Hall–Kier alpha value is -1.91. The molecule has 9 heteroatoms. The second-order valence-electron chi connectivity index (χ2n) is 6.49. The van der Waals surface area contributed by atoms with Crippen LogP contribution in [0.1, 0.15) is 24.2 Å². The molecule has 1 aromatic rings. The van der Waals surface area contributed by atoms with Crippen LogP contribution in [-0.2, 0) is 9.47 Å². The number of aromatic hydroxyl groups is 1. The largest absolute Gasteiger partial charge is 0.508 e. The minimum atomic E-state index is -1.62. The van der Waals surface area contributed by atoms with Crippen molar-refractivity contribution in [2.45, 2.75) is 44.6 Å². The molecule has 1 aromatic carbocycles. The monoisotopic (exact) mass is 372 g/mol. The molecular formula is C17H24O9. The summed E-state index contributed by atoms with van der Waals surface area (Å²) in [6, 6.07) is 3.68. The van der Waals surface area contributed by atoms with Crippen LogP contribution in [0.15, 0.2) is 18.2 Å². The lowest BCUT2D eigenvalue weighted by atomic mass is 9.99. The van der Waals surface area contributed by atoms with Crippen molar-refractivity contribution in [3.8, 4) is 11.5 Å². The van der Waals surface area contributed by atoms with Crippen LogP contribution in [0.3, 0.4) is 0 Å². The van der Waals surface area contributed by atoms with Gasteiger partial charge in [-0.3, -0.25) is 0 Å². The van der Waals surface area contributed by atoms with Gasteiger partial charge in [-0.15, -0.1) is 0 Å². The summed E-state index contributed by atoms with van der Waals surface area (Å²) in [5, 5.41) is 48.5. The number of phenolic OH excluding ortho intramolecular Hbond substituents is 1. The average Bonchev–Trinajstić information content (AvgIpc) is 2.61. The van der Waals surface area contributed by atoms with Gasteiger partial charge in [0.2, 0.25) is 6.29 Å². The molecule has 0 spiro atoms. The third-order valence-corrected chi connectivity index (χ3v) is 3.82. The summed E-state index contributed by atoms with van der Waals surface area (Å²) in [6.45, 7) is 3.28. The molecule has 0 saturated carbocycles. The number of aliphatic hydroxyl groups is 4. The summed E-state index contributed by atoms with van der Waals surface area (Å²) >= 11 is 0. The number of carbonyl (C=O) groups is 1. The van der Waals surface area contributed by atoms with E-state index in [0.29, 0.717) is 0 Å². The topological polar surface area (TPSA) is 146 Å². The molecule has 5 N–H and O–H groups in total. The molecule has 0 unspecified atom stereocenters. The van der Waals surface area contributed by atoms with E-state index in [1.54, 1.807) is 0 Å². The van der Waals surface area contributed by atoms with Crippen molar-refractivity contribution in [3.05, 3.63) is 23.8 Å². The SMILES string of the molecule is CC(C)COC(=O)c1cc(O)ccc1O[C@@H]1O[C@H](CO)[C@@H](O)[C@H](O)[C@H]1O. The van der Waals surface area contributed by atoms with Gasteiger partial charge in [-0.2, -0.15) is 0 Å². The molecule has 0 amide bonds. The summed E-state index contributed by atoms with van der Waals surface area (Å²) in [5.74, 6) is -0.885. The molecule has 1 aliphatic rings. The number of aliphatic hydroxyl groups excluding tert-OH is 4. The van der Waals surface area contributed by atoms with Crippen molar-refractivity contribution in [1.82, 2.24) is 0 Å². The Balaban J connectivity index is 2.21. The molecule has 1 heterocycles. The van der Waals surface area contributed by atoms with Gasteiger partial charge in [0.05, 0.1) is 13.2 Å². The fourth-order valence-corrected chi connectivity index (χ4v) is 2.39. The first kappa shape index (κ1) is 20.4. The maximum atomic E-state index is 12.2. The van der Waals surface area contributed by atoms with Crippen LogP contribution in [0.25, 0.3) is 0 Å². The highest BCUT2D eigenvalue weighted by Crippen LogP contribution is 2.29. The number of benzene rings is 1. The fraction of sp³-hybridized carbons (Fsp3) is 0.588. The van der Waals surface area contributed by atoms with Gasteiger partial charge < -0.3 is 39.7 Å². The van der Waals surface area contributed by atoms with E-state index in [-0.39, 0.29) is 29.6 Å². The Morgan fingerprint density at radius 3 is 2.50 bits per heavy atom. The van der Waals surface area contributed by atoms with E-state index in [9.17, 15) is 30.3 Å². The lowest BCUT2D eigenvalue weighted by Crippen LogP contribution is -2.60. The van der Waals surface area contributed by atoms with Gasteiger partial charge in [0.25, 0.3) is 0 Å². The van der Waals surface area contributed by atoms with Crippen LogP contribution in [0.4, 0.5) is 0 Å². The molecule has 26 heavy (non-hydrogen) atoms. The Labute approximate surface area is 150 Å². The smallest absolute Gasteiger partial charge is 0.342 e. The van der Waals surface area contributed by atoms with Crippen molar-refractivity contribution < 1.29 is 44.5 Å². The van der Waals surface area contributed by atoms with Crippen molar-refractivity contribution in [3.63, 3.8) is 0 Å². The molecule has 0 radical (unpaired) electrons. The highest BCUT2D eigenvalue weighted by atomic mass is 16.7. The lowest BCUT2D eigenvalue weighted by Gasteiger charge is -2.39. The van der Waals surface area contributed by atoms with E-state index in [2.05, 4.69) is 0 Å². The lowest BCUT2D eigenvalue weighted by molar-refractivity contribution is -0.277. The Morgan fingerprint density at radius 2 is 1.88 bits per heavy atom. The number of phenols is 1. The zero-order valence-electron chi connectivity index (χ0n) is 14.5. The zero-order chi connectivity index (χ0) is 19.4. The maximum Gasteiger partial charge on any atom is 0.342 e. The van der Waals surface area contributed by atoms with Gasteiger partial charge in [-0.05, 0) is 24.1 Å². The van der Waals surface area contributed by atoms with Crippen LogP contribution < -0.4 is 4.74 Å². The fourth-order valence-electron chi connectivity index (χ4n) is 2.39. The maximum absolute atomic E-state index is 12.2. The number of ether oxygens (including phenoxy) is 3. The van der Waals surface area contributed by atoms with E-state index in [4.69, 9.17) is 14.2 Å². The molecule has 1 saturated heterocycles. The van der Waals surface area contributed by atoms with Gasteiger partial charge in [0.1, 0.15) is 41.5 Å². The highest BCUT2D eigenvalue weighted by molar-refractivity contribution is 5.93. The van der Waals surface area contributed by atoms with Gasteiger partial charge >= 0.3 is 5.97 Å². The number of hydrogen-bond donors (Lipinski definition) is 5. The normalized spacial score (nSPS) is 28.8. The molecular weight excluding hydrogens is 348 g/mol. The average molecular weight is 372 g/mol. The first-order valence-corrected chi connectivity index (χ1v) is 8.22. The second-order valence-corrected chi connectivity index (χ2v) is 6.49. The minimum absolute atomic E-state index is 0.0547. The van der Waals surface area contributed by atoms with Crippen LogP contribution in [0, 0.1) is 5.92 Å². The van der Waals surface area contributed by atoms with E-state index in [1.807, 2.05) is 13.8 Å². The van der Waals surface area contributed by atoms with Crippen molar-refractivity contribution in [2.24, 2.45) is 5.92 Å². The first-order valence-electron chi connectivity index (χ1n) is 8.22. The summed E-state index contributed by atoms with van der Waals surface area (Å²) in [7, 11) is 0. The van der Waals surface area contributed by atoms with Crippen LogP contribution in [-0.4, -0.2) is 75.4 Å². The van der Waals surface area contributed by atoms with Crippen molar-refractivity contribution in [1.29, 1.82) is 0 Å². The van der Waals surface area contributed by atoms with Crippen LogP contribution >= 0.6 is 0 Å². The number of hydrogen-bond acceptors (Lipinski definition) is 9. The predicted octanol–water partition coefficient (Wildman–Crippen LogP) is -0.616. The number of rotatable bonds is 6. The predicted molar refractivity (Wildman–Crippen MR) is 87.6 cm³/mol. The molecule has 9 nitrogen and oxygen atoms in total. The number of esters is 1. The Morgan fingerprint density at radius 1 is 1.19 bits per heavy atom. The van der Waals surface area contributed by atoms with Gasteiger partial charge in [-0.1, -0.05) is 13.8 Å². The van der Waals surface area contributed by atoms with Crippen molar-refractivity contribution >= 4 is 5.97 Å². The Kier molecular flexibility index (Phi) is 6.79. The highest BCUT2D eigenvalue weighted by Gasteiger charge is 2.45. The third-order valence-electron chi connectivity index (χ3n) is 3.82. The second kappa shape index (κ2) is 8.65. The summed E-state index contributed by atoms with van der Waals surface area (Å²) in [6.07, 6.45) is -7.36. The summed E-state index contributed by atoms with van der Waals surface area (Å²) < 4.78 is 15.8. The molecule has 0 aliphatic carbocycles. The van der Waals surface area contributed by atoms with Gasteiger partial charge in [0.15, 0.2) is 0 Å². The molecule has 146 valence electrons. The Bertz CT molecular complexity index is 616. The first-order chi connectivity index (χ1) is 12.2. The van der Waals surface area contributed by atoms with Crippen LogP contribution in [0.5, 0.6) is 11.5 Å². The molecule has 5 atom stereocenters. The third kappa shape index (κ3) is 4.63. The molecule has 0 aromatic heterocycles. The zero-order valence-corrected chi connectivity index (χ0v) is 14.5.